The summed E-state index contributed by atoms with van der Waals surface area (Å²) in [6, 6.07) is 9.34. The molecule has 1 heterocycles. The molecule has 1 saturated carbocycles. The quantitative estimate of drug-likeness (QED) is 0.718. The Bertz CT molecular complexity index is 792. The van der Waals surface area contributed by atoms with Gasteiger partial charge in [0.15, 0.2) is 0 Å². The number of carbonyl (C=O) groups is 1. The van der Waals surface area contributed by atoms with E-state index in [0.717, 1.165) is 12.8 Å². The van der Waals surface area contributed by atoms with Gasteiger partial charge < -0.3 is 9.15 Å². The molecule has 0 radical (unpaired) electrons. The second kappa shape index (κ2) is 6.78. The van der Waals surface area contributed by atoms with Crippen LogP contribution in [0.4, 0.5) is 0 Å². The first-order valence-corrected chi connectivity index (χ1v) is 9.28. The monoisotopic (exact) mass is 349 g/mol. The lowest BCUT2D eigenvalue weighted by Crippen LogP contribution is -2.32. The standard InChI is InChI=1S/C17H19NO5S/c1-2-22-17(19)13-5-9-16(10-6-13)24(20,21)18(14-7-8-14)12-15-4-3-11-23-15/h3-6,9-11,14H,2,7-8,12H2,1H3. The van der Waals surface area contributed by atoms with Gasteiger partial charge >= 0.3 is 5.97 Å². The van der Waals surface area contributed by atoms with Crippen molar-refractivity contribution in [2.75, 3.05) is 6.61 Å². The maximum Gasteiger partial charge on any atom is 0.338 e. The molecule has 2 aromatic rings. The Labute approximate surface area is 141 Å². The largest absolute Gasteiger partial charge is 0.468 e. The van der Waals surface area contributed by atoms with Crippen molar-refractivity contribution in [2.45, 2.75) is 37.2 Å². The van der Waals surface area contributed by atoms with Crippen LogP contribution in [0.15, 0.2) is 52.0 Å². The van der Waals surface area contributed by atoms with E-state index >= 15 is 0 Å². The third-order valence-corrected chi connectivity index (χ3v) is 5.73. The first-order valence-electron chi connectivity index (χ1n) is 7.84. The van der Waals surface area contributed by atoms with Crippen molar-refractivity contribution in [3.05, 3.63) is 54.0 Å². The van der Waals surface area contributed by atoms with Crippen molar-refractivity contribution in [2.24, 2.45) is 0 Å². The zero-order valence-electron chi connectivity index (χ0n) is 13.3. The van der Waals surface area contributed by atoms with E-state index in [1.54, 1.807) is 19.1 Å². The molecule has 0 unspecified atom stereocenters. The van der Waals surface area contributed by atoms with Crippen LogP contribution in [0.1, 0.15) is 35.9 Å². The zero-order valence-corrected chi connectivity index (χ0v) is 14.2. The van der Waals surface area contributed by atoms with Gasteiger partial charge in [0, 0.05) is 6.04 Å². The summed E-state index contributed by atoms with van der Waals surface area (Å²) in [6.45, 7) is 2.20. The van der Waals surface area contributed by atoms with Gasteiger partial charge in [0.25, 0.3) is 0 Å². The summed E-state index contributed by atoms with van der Waals surface area (Å²) in [5, 5.41) is 0. The highest BCUT2D eigenvalue weighted by molar-refractivity contribution is 7.89. The Kier molecular flexibility index (Phi) is 4.73. The number of hydrogen-bond acceptors (Lipinski definition) is 5. The average molecular weight is 349 g/mol. The van der Waals surface area contributed by atoms with Crippen LogP contribution in [0.2, 0.25) is 0 Å². The Morgan fingerprint density at radius 1 is 1.25 bits per heavy atom. The van der Waals surface area contributed by atoms with Crippen molar-refractivity contribution in [1.82, 2.24) is 4.31 Å². The van der Waals surface area contributed by atoms with Gasteiger partial charge in [-0.05, 0) is 56.2 Å². The molecule has 1 aliphatic carbocycles. The van der Waals surface area contributed by atoms with Crippen molar-refractivity contribution in [1.29, 1.82) is 0 Å². The molecular formula is C17H19NO5S. The van der Waals surface area contributed by atoms with Crippen LogP contribution in [0.25, 0.3) is 0 Å². The molecule has 128 valence electrons. The van der Waals surface area contributed by atoms with Crippen LogP contribution in [-0.4, -0.2) is 31.3 Å². The molecule has 0 bridgehead atoms. The summed E-state index contributed by atoms with van der Waals surface area (Å²) >= 11 is 0. The molecule has 0 aliphatic heterocycles. The molecule has 1 aliphatic rings. The molecular weight excluding hydrogens is 330 g/mol. The molecule has 7 heteroatoms. The predicted molar refractivity (Wildman–Crippen MR) is 86.9 cm³/mol. The molecule has 0 saturated heterocycles. The molecule has 6 nitrogen and oxygen atoms in total. The minimum absolute atomic E-state index is 0.00448. The second-order valence-corrected chi connectivity index (χ2v) is 7.50. The number of sulfonamides is 1. The maximum absolute atomic E-state index is 12.9. The SMILES string of the molecule is CCOC(=O)c1ccc(S(=O)(=O)N(Cc2ccco2)C2CC2)cc1. The minimum Gasteiger partial charge on any atom is -0.468 e. The van der Waals surface area contributed by atoms with Gasteiger partial charge in [0.2, 0.25) is 10.0 Å². The summed E-state index contributed by atoms with van der Waals surface area (Å²) in [5.74, 6) is 0.143. The summed E-state index contributed by atoms with van der Waals surface area (Å²) in [4.78, 5) is 11.8. The van der Waals surface area contributed by atoms with Gasteiger partial charge in [-0.15, -0.1) is 0 Å². The lowest BCUT2D eigenvalue weighted by atomic mass is 10.2. The fourth-order valence-electron chi connectivity index (χ4n) is 2.44. The zero-order chi connectivity index (χ0) is 17.2. The minimum atomic E-state index is -3.65. The van der Waals surface area contributed by atoms with Gasteiger partial charge in [-0.2, -0.15) is 4.31 Å². The van der Waals surface area contributed by atoms with Gasteiger partial charge in [-0.3, -0.25) is 0 Å². The highest BCUT2D eigenvalue weighted by Gasteiger charge is 2.38. The number of ether oxygens (including phenoxy) is 1. The summed E-state index contributed by atoms with van der Waals surface area (Å²) in [7, 11) is -3.65. The lowest BCUT2D eigenvalue weighted by molar-refractivity contribution is 0.0526. The smallest absolute Gasteiger partial charge is 0.338 e. The number of rotatable bonds is 7. The molecule has 0 atom stereocenters. The van der Waals surface area contributed by atoms with Crippen molar-refractivity contribution in [3.63, 3.8) is 0 Å². The molecule has 1 aromatic heterocycles. The third kappa shape index (κ3) is 3.52. The number of hydrogen-bond donors (Lipinski definition) is 0. The van der Waals surface area contributed by atoms with E-state index in [9.17, 15) is 13.2 Å². The second-order valence-electron chi connectivity index (χ2n) is 5.61. The number of furan rings is 1. The van der Waals surface area contributed by atoms with Crippen LogP contribution in [-0.2, 0) is 21.3 Å². The van der Waals surface area contributed by atoms with E-state index < -0.39 is 16.0 Å². The maximum atomic E-state index is 12.9. The topological polar surface area (TPSA) is 76.8 Å². The summed E-state index contributed by atoms with van der Waals surface area (Å²) in [5.41, 5.74) is 0.333. The number of carbonyl (C=O) groups excluding carboxylic acids is 1. The number of benzene rings is 1. The van der Waals surface area contributed by atoms with E-state index in [1.165, 1.54) is 34.8 Å². The van der Waals surface area contributed by atoms with E-state index in [-0.39, 0.29) is 24.1 Å². The summed E-state index contributed by atoms with van der Waals surface area (Å²) in [6.07, 6.45) is 3.23. The van der Waals surface area contributed by atoms with Gasteiger partial charge in [-0.1, -0.05) is 0 Å². The summed E-state index contributed by atoms with van der Waals surface area (Å²) < 4.78 is 37.5. The van der Waals surface area contributed by atoms with Gasteiger partial charge in [0.1, 0.15) is 5.76 Å². The first kappa shape index (κ1) is 16.7. The van der Waals surface area contributed by atoms with Crippen LogP contribution in [0.5, 0.6) is 0 Å². The third-order valence-electron chi connectivity index (χ3n) is 3.82. The first-order chi connectivity index (χ1) is 11.5. The Morgan fingerprint density at radius 3 is 2.50 bits per heavy atom. The fraction of sp³-hybridized carbons (Fsp3) is 0.353. The van der Waals surface area contributed by atoms with E-state index in [0.29, 0.717) is 11.3 Å². The van der Waals surface area contributed by atoms with Crippen molar-refractivity contribution < 1.29 is 22.4 Å². The van der Waals surface area contributed by atoms with Crippen molar-refractivity contribution in [3.8, 4) is 0 Å². The van der Waals surface area contributed by atoms with E-state index in [1.807, 2.05) is 0 Å². The molecule has 3 rings (SSSR count). The molecule has 0 N–H and O–H groups in total. The van der Waals surface area contributed by atoms with Gasteiger partial charge in [-0.25, -0.2) is 13.2 Å². The highest BCUT2D eigenvalue weighted by atomic mass is 32.2. The van der Waals surface area contributed by atoms with Crippen LogP contribution in [0.3, 0.4) is 0 Å². The Hall–Kier alpha value is -2.12. The predicted octanol–water partition coefficient (Wildman–Crippen LogP) is 2.81. The van der Waals surface area contributed by atoms with Crippen LogP contribution >= 0.6 is 0 Å². The normalized spacial score (nSPS) is 14.8. The van der Waals surface area contributed by atoms with Crippen LogP contribution in [0, 0.1) is 0 Å². The molecule has 0 amide bonds. The van der Waals surface area contributed by atoms with Crippen molar-refractivity contribution >= 4 is 16.0 Å². The molecule has 1 aromatic carbocycles. The highest BCUT2D eigenvalue weighted by Crippen LogP contribution is 2.33. The molecule has 0 spiro atoms. The fourth-order valence-corrected chi connectivity index (χ4v) is 4.09. The van der Waals surface area contributed by atoms with E-state index in [4.69, 9.17) is 9.15 Å². The number of nitrogens with zero attached hydrogens (tertiary/aromatic N) is 1. The average Bonchev–Trinajstić information content (AvgIpc) is 3.28. The van der Waals surface area contributed by atoms with Crippen LogP contribution < -0.4 is 0 Å². The molecule has 24 heavy (non-hydrogen) atoms. The van der Waals surface area contributed by atoms with Gasteiger partial charge in [0.05, 0.1) is 29.9 Å². The van der Waals surface area contributed by atoms with E-state index in [2.05, 4.69) is 0 Å². The Morgan fingerprint density at radius 2 is 1.96 bits per heavy atom. The lowest BCUT2D eigenvalue weighted by Gasteiger charge is -2.21. The molecule has 1 fully saturated rings. The Balaban J connectivity index is 1.83. The number of esters is 1.